The Morgan fingerprint density at radius 2 is 1.94 bits per heavy atom. The number of carbonyl (C=O) groups is 1. The fourth-order valence-corrected chi connectivity index (χ4v) is 1.71. The zero-order valence-corrected chi connectivity index (χ0v) is 10.6. The second-order valence-electron chi connectivity index (χ2n) is 3.42. The van der Waals surface area contributed by atoms with Crippen molar-refractivity contribution < 1.29 is 21.8 Å². The molecule has 0 radical (unpaired) electrons. The summed E-state index contributed by atoms with van der Waals surface area (Å²) < 4.78 is 38.5. The van der Waals surface area contributed by atoms with Crippen molar-refractivity contribution in [3.8, 4) is 0 Å². The van der Waals surface area contributed by atoms with Gasteiger partial charge in [-0.1, -0.05) is 24.3 Å². The maximum Gasteiger partial charge on any atom is 0.332 e. The number of halogens is 1. The van der Waals surface area contributed by atoms with Crippen molar-refractivity contribution in [3.63, 3.8) is 0 Å². The van der Waals surface area contributed by atoms with Gasteiger partial charge in [-0.15, -0.1) is 3.89 Å². The maximum atomic E-state index is 12.6. The molecular formula is C12H13FO4S. The minimum atomic E-state index is -4.66. The van der Waals surface area contributed by atoms with Gasteiger partial charge in [-0.25, -0.2) is 0 Å². The number of ether oxygens (including phenoxy) is 1. The number of benzene rings is 1. The Labute approximate surface area is 105 Å². The molecule has 0 amide bonds. The summed E-state index contributed by atoms with van der Waals surface area (Å²) in [6, 6.07) is 5.24. The maximum absolute atomic E-state index is 12.6. The average Bonchev–Trinajstić information content (AvgIpc) is 2.29. The third kappa shape index (κ3) is 4.67. The van der Waals surface area contributed by atoms with Crippen LogP contribution in [0, 0.1) is 0 Å². The van der Waals surface area contributed by atoms with E-state index in [0.717, 1.165) is 0 Å². The van der Waals surface area contributed by atoms with Crippen LogP contribution in [0.4, 0.5) is 3.89 Å². The Kier molecular flexibility index (Phi) is 5.03. The molecule has 0 bridgehead atoms. The van der Waals surface area contributed by atoms with E-state index in [0.29, 0.717) is 12.2 Å². The summed E-state index contributed by atoms with van der Waals surface area (Å²) in [5.74, 6) is -0.336. The predicted octanol–water partition coefficient (Wildman–Crippen LogP) is 2.31. The van der Waals surface area contributed by atoms with Crippen molar-refractivity contribution in [3.05, 3.63) is 35.9 Å². The molecule has 98 valence electrons. The van der Waals surface area contributed by atoms with Crippen molar-refractivity contribution in [2.24, 2.45) is 0 Å². The van der Waals surface area contributed by atoms with Crippen molar-refractivity contribution in [1.29, 1.82) is 0 Å². The van der Waals surface area contributed by atoms with E-state index in [9.17, 15) is 17.1 Å². The molecule has 0 heterocycles. The topological polar surface area (TPSA) is 60.4 Å². The third-order valence-corrected chi connectivity index (χ3v) is 2.90. The Balaban J connectivity index is 2.64. The number of hydrogen-bond donors (Lipinski definition) is 0. The lowest BCUT2D eigenvalue weighted by atomic mass is 10.2. The van der Waals surface area contributed by atoms with E-state index in [-0.39, 0.29) is 17.3 Å². The smallest absolute Gasteiger partial charge is 0.332 e. The molecule has 0 saturated heterocycles. The van der Waals surface area contributed by atoms with Crippen LogP contribution in [0.5, 0.6) is 0 Å². The molecule has 0 aliphatic heterocycles. The van der Waals surface area contributed by atoms with Crippen molar-refractivity contribution in [1.82, 2.24) is 0 Å². The molecule has 0 N–H and O–H groups in total. The molecule has 6 heteroatoms. The lowest BCUT2D eigenvalue weighted by molar-refractivity contribution is -0.142. The number of esters is 1. The van der Waals surface area contributed by atoms with Crippen LogP contribution >= 0.6 is 0 Å². The van der Waals surface area contributed by atoms with Gasteiger partial charge in [0.05, 0.1) is 17.9 Å². The van der Waals surface area contributed by atoms with Gasteiger partial charge in [0.1, 0.15) is 0 Å². The van der Waals surface area contributed by atoms with Crippen LogP contribution in [0.15, 0.2) is 35.2 Å². The van der Waals surface area contributed by atoms with E-state index in [4.69, 9.17) is 4.74 Å². The number of carbonyl (C=O) groups excluding carboxylic acids is 1. The van der Waals surface area contributed by atoms with E-state index >= 15 is 0 Å². The molecule has 4 nitrogen and oxygen atoms in total. The second kappa shape index (κ2) is 6.30. The Morgan fingerprint density at radius 3 is 2.44 bits per heavy atom. The predicted molar refractivity (Wildman–Crippen MR) is 65.0 cm³/mol. The minimum absolute atomic E-state index is 0.136. The van der Waals surface area contributed by atoms with Crippen molar-refractivity contribution >= 4 is 22.3 Å². The van der Waals surface area contributed by atoms with Gasteiger partial charge in [-0.3, -0.25) is 4.79 Å². The van der Waals surface area contributed by atoms with Gasteiger partial charge in [-0.2, -0.15) is 8.42 Å². The Bertz CT molecular complexity index is 532. The molecular weight excluding hydrogens is 259 g/mol. The average molecular weight is 272 g/mol. The molecule has 18 heavy (non-hydrogen) atoms. The second-order valence-corrected chi connectivity index (χ2v) is 4.77. The zero-order chi connectivity index (χ0) is 13.6. The van der Waals surface area contributed by atoms with Gasteiger partial charge in [0.15, 0.2) is 0 Å². The van der Waals surface area contributed by atoms with Gasteiger partial charge in [0.25, 0.3) is 0 Å². The quantitative estimate of drug-likeness (QED) is 0.609. The summed E-state index contributed by atoms with van der Waals surface area (Å²) in [5, 5.41) is 0. The van der Waals surface area contributed by atoms with E-state index < -0.39 is 10.2 Å². The molecule has 1 aromatic rings. The molecule has 0 aromatic heterocycles. The Hall–Kier alpha value is -1.69. The van der Waals surface area contributed by atoms with Crippen LogP contribution in [0.2, 0.25) is 0 Å². The molecule has 0 atom stereocenters. The monoisotopic (exact) mass is 272 g/mol. The van der Waals surface area contributed by atoms with Crippen LogP contribution in [-0.2, 0) is 19.8 Å². The van der Waals surface area contributed by atoms with E-state index in [2.05, 4.69) is 0 Å². The highest BCUT2D eigenvalue weighted by Crippen LogP contribution is 2.13. The number of rotatable bonds is 5. The molecule has 0 unspecified atom stereocenters. The van der Waals surface area contributed by atoms with Crippen molar-refractivity contribution in [2.45, 2.75) is 18.2 Å². The first-order valence-electron chi connectivity index (χ1n) is 5.30. The molecule has 1 rings (SSSR count). The third-order valence-electron chi connectivity index (χ3n) is 2.06. The minimum Gasteiger partial charge on any atom is -0.466 e. The zero-order valence-electron chi connectivity index (χ0n) is 9.80. The fraction of sp³-hybridized carbons (Fsp3) is 0.250. The normalized spacial score (nSPS) is 11.7. The summed E-state index contributed by atoms with van der Waals surface area (Å²) in [6.45, 7) is 2.05. The van der Waals surface area contributed by atoms with Gasteiger partial charge in [0.2, 0.25) is 0 Å². The van der Waals surface area contributed by atoms with Crippen LogP contribution in [0.1, 0.15) is 18.9 Å². The van der Waals surface area contributed by atoms with Gasteiger partial charge in [-0.05, 0) is 24.6 Å². The van der Waals surface area contributed by atoms with Gasteiger partial charge in [0, 0.05) is 0 Å². The molecule has 0 aliphatic rings. The highest BCUT2D eigenvalue weighted by molar-refractivity contribution is 7.86. The molecule has 1 aromatic carbocycles. The largest absolute Gasteiger partial charge is 0.466 e. The molecule has 0 spiro atoms. The lowest BCUT2D eigenvalue weighted by Gasteiger charge is -1.98. The summed E-state index contributed by atoms with van der Waals surface area (Å²) in [6.07, 6.45) is 3.36. The first-order chi connectivity index (χ1) is 8.43. The van der Waals surface area contributed by atoms with Crippen LogP contribution < -0.4 is 0 Å². The summed E-state index contributed by atoms with van der Waals surface area (Å²) >= 11 is 0. The van der Waals surface area contributed by atoms with Crippen LogP contribution in [0.3, 0.4) is 0 Å². The van der Waals surface area contributed by atoms with E-state index in [1.807, 2.05) is 0 Å². The lowest BCUT2D eigenvalue weighted by Crippen LogP contribution is -2.01. The summed E-state index contributed by atoms with van der Waals surface area (Å²) in [7, 11) is -4.66. The van der Waals surface area contributed by atoms with E-state index in [1.165, 1.54) is 24.3 Å². The standard InChI is InChI=1S/C12H13FO4S/c1-2-17-12(14)5-3-4-10-6-8-11(9-7-10)18(13,15)16/h3-4,6-9H,2,5H2,1H3. The van der Waals surface area contributed by atoms with Gasteiger partial charge >= 0.3 is 16.2 Å². The number of hydrogen-bond acceptors (Lipinski definition) is 4. The summed E-state index contributed by atoms with van der Waals surface area (Å²) in [4.78, 5) is 10.6. The first kappa shape index (κ1) is 14.4. The SMILES string of the molecule is CCOC(=O)CC=Cc1ccc(S(=O)(=O)F)cc1. The van der Waals surface area contributed by atoms with E-state index in [1.54, 1.807) is 19.1 Å². The van der Waals surface area contributed by atoms with Crippen LogP contribution in [-0.4, -0.2) is 21.0 Å². The fourth-order valence-electron chi connectivity index (χ4n) is 1.25. The molecule has 0 saturated carbocycles. The first-order valence-corrected chi connectivity index (χ1v) is 6.68. The Morgan fingerprint density at radius 1 is 1.33 bits per heavy atom. The highest BCUT2D eigenvalue weighted by atomic mass is 32.3. The van der Waals surface area contributed by atoms with Gasteiger partial charge < -0.3 is 4.74 Å². The summed E-state index contributed by atoms with van der Waals surface area (Å²) in [5.41, 5.74) is 0.673. The molecule has 0 fully saturated rings. The molecule has 0 aliphatic carbocycles. The van der Waals surface area contributed by atoms with Crippen molar-refractivity contribution in [2.75, 3.05) is 6.61 Å². The van der Waals surface area contributed by atoms with Crippen LogP contribution in [0.25, 0.3) is 6.08 Å². The highest BCUT2D eigenvalue weighted by Gasteiger charge is 2.10.